The second-order valence-corrected chi connectivity index (χ2v) is 5.95. The minimum Gasteiger partial charge on any atom is -0.454 e. The van der Waals surface area contributed by atoms with E-state index in [2.05, 4.69) is 12.1 Å². The zero-order valence-electron chi connectivity index (χ0n) is 13.6. The molecule has 1 atom stereocenters. The largest absolute Gasteiger partial charge is 0.454 e. The Kier molecular flexibility index (Phi) is 4.69. The van der Waals surface area contributed by atoms with Crippen LogP contribution in [0, 0.1) is 0 Å². The van der Waals surface area contributed by atoms with Crippen LogP contribution in [0.25, 0.3) is 0 Å². The van der Waals surface area contributed by atoms with E-state index in [1.807, 2.05) is 30.0 Å². The summed E-state index contributed by atoms with van der Waals surface area (Å²) in [7, 11) is 0. The number of ether oxygens (including phenoxy) is 2. The van der Waals surface area contributed by atoms with Crippen LogP contribution in [0.1, 0.15) is 38.7 Å². The smallest absolute Gasteiger partial charge is 0.263 e. The monoisotopic (exact) mass is 318 g/mol. The van der Waals surface area contributed by atoms with E-state index >= 15 is 0 Å². The predicted octanol–water partition coefficient (Wildman–Crippen LogP) is 2.56. The quantitative estimate of drug-likeness (QED) is 0.632. The van der Waals surface area contributed by atoms with E-state index in [9.17, 15) is 4.79 Å². The molecule has 1 amide bonds. The van der Waals surface area contributed by atoms with Crippen molar-refractivity contribution in [1.82, 2.24) is 4.90 Å². The van der Waals surface area contributed by atoms with Crippen molar-refractivity contribution in [1.29, 1.82) is 0 Å². The lowest BCUT2D eigenvalue weighted by atomic mass is 10.0. The van der Waals surface area contributed by atoms with Gasteiger partial charge in [-0.15, -0.1) is 0 Å². The van der Waals surface area contributed by atoms with E-state index in [4.69, 9.17) is 14.3 Å². The molecule has 23 heavy (non-hydrogen) atoms. The van der Waals surface area contributed by atoms with E-state index in [-0.39, 0.29) is 19.3 Å². The Bertz CT molecular complexity index is 615. The average Bonchev–Trinajstić information content (AvgIpc) is 3.02. The van der Waals surface area contributed by atoms with Crippen LogP contribution < -0.4 is 9.47 Å². The van der Waals surface area contributed by atoms with Crippen LogP contribution >= 0.6 is 0 Å². The molecule has 0 aliphatic carbocycles. The molecule has 6 heteroatoms. The highest BCUT2D eigenvalue weighted by molar-refractivity contribution is 5.99. The number of piperidine rings is 1. The number of benzene rings is 1. The third-order valence-electron chi connectivity index (χ3n) is 4.30. The van der Waals surface area contributed by atoms with Gasteiger partial charge in [-0.05, 0) is 51.3 Å². The first kappa shape index (κ1) is 15.6. The molecule has 124 valence electrons. The Hall–Kier alpha value is -2.24. The van der Waals surface area contributed by atoms with Crippen LogP contribution in [-0.2, 0) is 9.63 Å². The molecule has 6 nitrogen and oxygen atoms in total. The summed E-state index contributed by atoms with van der Waals surface area (Å²) in [6.07, 6.45) is 3.31. The summed E-state index contributed by atoms with van der Waals surface area (Å²) >= 11 is 0. The van der Waals surface area contributed by atoms with Crippen molar-refractivity contribution in [3.05, 3.63) is 23.8 Å². The summed E-state index contributed by atoms with van der Waals surface area (Å²) < 4.78 is 10.6. The number of likely N-dealkylation sites (tertiary alicyclic amines) is 1. The minimum absolute atomic E-state index is 0.000522. The van der Waals surface area contributed by atoms with Gasteiger partial charge in [-0.25, -0.2) is 0 Å². The summed E-state index contributed by atoms with van der Waals surface area (Å²) in [6, 6.07) is 5.89. The third kappa shape index (κ3) is 3.57. The normalized spacial score (nSPS) is 20.5. The minimum atomic E-state index is -0.0216. The van der Waals surface area contributed by atoms with E-state index in [1.54, 1.807) is 0 Å². The van der Waals surface area contributed by atoms with E-state index < -0.39 is 0 Å². The number of carbonyl (C=O) groups is 1. The molecule has 1 fully saturated rings. The van der Waals surface area contributed by atoms with Crippen molar-refractivity contribution >= 4 is 11.6 Å². The zero-order chi connectivity index (χ0) is 16.2. The Morgan fingerprint density at radius 3 is 3.00 bits per heavy atom. The van der Waals surface area contributed by atoms with Crippen LogP contribution in [0.15, 0.2) is 23.4 Å². The van der Waals surface area contributed by atoms with Crippen molar-refractivity contribution in [3.8, 4) is 11.5 Å². The lowest BCUT2D eigenvalue weighted by molar-refractivity contribution is -0.139. The SMILES string of the molecule is C/C(=N\OCC(=O)N1CCCCC1C)c1ccc2c(c1)OCO2. The molecular weight excluding hydrogens is 296 g/mol. The molecule has 2 aliphatic heterocycles. The van der Waals surface area contributed by atoms with Crippen LogP contribution in [0.5, 0.6) is 11.5 Å². The molecule has 1 unspecified atom stereocenters. The Morgan fingerprint density at radius 2 is 2.17 bits per heavy atom. The molecular formula is C17H22N2O4. The van der Waals surface area contributed by atoms with Gasteiger partial charge in [-0.2, -0.15) is 0 Å². The van der Waals surface area contributed by atoms with Gasteiger partial charge in [0.25, 0.3) is 5.91 Å². The fraction of sp³-hybridized carbons (Fsp3) is 0.529. The summed E-state index contributed by atoms with van der Waals surface area (Å²) in [6.45, 7) is 4.96. The number of hydrogen-bond acceptors (Lipinski definition) is 5. The average molecular weight is 318 g/mol. The molecule has 2 heterocycles. The molecule has 0 aromatic heterocycles. The first-order valence-electron chi connectivity index (χ1n) is 8.01. The number of fused-ring (bicyclic) bond motifs is 1. The van der Waals surface area contributed by atoms with Crippen molar-refractivity contribution in [3.63, 3.8) is 0 Å². The molecule has 2 aliphatic rings. The highest BCUT2D eigenvalue weighted by Crippen LogP contribution is 2.32. The number of amides is 1. The first-order valence-corrected chi connectivity index (χ1v) is 8.01. The highest BCUT2D eigenvalue weighted by Gasteiger charge is 2.23. The zero-order valence-corrected chi connectivity index (χ0v) is 13.6. The first-order chi connectivity index (χ1) is 11.1. The van der Waals surface area contributed by atoms with Crippen LogP contribution in [0.4, 0.5) is 0 Å². The molecule has 0 saturated carbocycles. The summed E-state index contributed by atoms with van der Waals surface area (Å²) in [5, 5.41) is 4.05. The Labute approximate surface area is 136 Å². The second-order valence-electron chi connectivity index (χ2n) is 5.95. The third-order valence-corrected chi connectivity index (χ3v) is 4.30. The molecule has 0 N–H and O–H groups in total. The molecule has 0 radical (unpaired) electrons. The van der Waals surface area contributed by atoms with Gasteiger partial charge in [0.1, 0.15) is 0 Å². The molecule has 1 aromatic rings. The lowest BCUT2D eigenvalue weighted by Gasteiger charge is -2.32. The Balaban J connectivity index is 1.56. The van der Waals surface area contributed by atoms with Gasteiger partial charge in [0.15, 0.2) is 18.1 Å². The molecule has 0 bridgehead atoms. The van der Waals surface area contributed by atoms with Gasteiger partial charge in [0, 0.05) is 18.2 Å². The summed E-state index contributed by atoms with van der Waals surface area (Å²) in [4.78, 5) is 19.3. The lowest BCUT2D eigenvalue weighted by Crippen LogP contribution is -2.43. The van der Waals surface area contributed by atoms with Gasteiger partial charge in [0.2, 0.25) is 6.79 Å². The maximum Gasteiger partial charge on any atom is 0.263 e. The summed E-state index contributed by atoms with van der Waals surface area (Å²) in [5.74, 6) is 1.44. The number of carbonyl (C=O) groups excluding carboxylic acids is 1. The second kappa shape index (κ2) is 6.89. The standard InChI is InChI=1S/C17H22N2O4/c1-12-5-3-4-8-19(12)17(20)10-23-18-13(2)14-6-7-15-16(9-14)22-11-21-15/h6-7,9,12H,3-5,8,10-11H2,1-2H3/b18-13+. The summed E-state index contributed by atoms with van der Waals surface area (Å²) in [5.41, 5.74) is 1.58. The maximum atomic E-state index is 12.2. The Morgan fingerprint density at radius 1 is 1.35 bits per heavy atom. The van der Waals surface area contributed by atoms with Crippen LogP contribution in [-0.4, -0.2) is 42.5 Å². The topological polar surface area (TPSA) is 60.4 Å². The van der Waals surface area contributed by atoms with Gasteiger partial charge in [-0.3, -0.25) is 4.79 Å². The van der Waals surface area contributed by atoms with Gasteiger partial charge < -0.3 is 19.2 Å². The van der Waals surface area contributed by atoms with Crippen molar-refractivity contribution < 1.29 is 19.1 Å². The maximum absolute atomic E-state index is 12.2. The van der Waals surface area contributed by atoms with E-state index in [1.165, 1.54) is 6.42 Å². The fourth-order valence-corrected chi connectivity index (χ4v) is 2.91. The predicted molar refractivity (Wildman–Crippen MR) is 85.8 cm³/mol. The molecule has 1 saturated heterocycles. The highest BCUT2D eigenvalue weighted by atomic mass is 16.7. The number of nitrogens with zero attached hydrogens (tertiary/aromatic N) is 2. The van der Waals surface area contributed by atoms with Crippen LogP contribution in [0.2, 0.25) is 0 Å². The van der Waals surface area contributed by atoms with E-state index in [0.29, 0.717) is 17.5 Å². The number of rotatable bonds is 4. The van der Waals surface area contributed by atoms with Crippen LogP contribution in [0.3, 0.4) is 0 Å². The van der Waals surface area contributed by atoms with Gasteiger partial charge in [-0.1, -0.05) is 5.16 Å². The number of hydrogen-bond donors (Lipinski definition) is 0. The fourth-order valence-electron chi connectivity index (χ4n) is 2.91. The molecule has 3 rings (SSSR count). The van der Waals surface area contributed by atoms with Gasteiger partial charge >= 0.3 is 0 Å². The molecule has 1 aromatic carbocycles. The molecule has 0 spiro atoms. The van der Waals surface area contributed by atoms with Crippen molar-refractivity contribution in [2.24, 2.45) is 5.16 Å². The number of oxime groups is 1. The van der Waals surface area contributed by atoms with Crippen molar-refractivity contribution in [2.45, 2.75) is 39.2 Å². The van der Waals surface area contributed by atoms with E-state index in [0.717, 1.165) is 30.7 Å². The van der Waals surface area contributed by atoms with Crippen molar-refractivity contribution in [2.75, 3.05) is 19.9 Å². The van der Waals surface area contributed by atoms with Gasteiger partial charge in [0.05, 0.1) is 5.71 Å².